The van der Waals surface area contributed by atoms with E-state index in [4.69, 9.17) is 10.2 Å². The molecule has 0 aliphatic heterocycles. The number of rotatable bonds is 6. The Hall–Kier alpha value is -1.89. The fourth-order valence-electron chi connectivity index (χ4n) is 1.56. The lowest BCUT2D eigenvalue weighted by molar-refractivity contribution is -0.143. The molecule has 0 radical (unpaired) electrons. The number of carbonyl (C=O) groups excluding carboxylic acids is 1. The van der Waals surface area contributed by atoms with Crippen LogP contribution in [0.25, 0.3) is 0 Å². The number of aliphatic hydroxyl groups excluding tert-OH is 1. The number of nitrogens with one attached hydrogen (secondary N) is 1. The van der Waals surface area contributed by atoms with Gasteiger partial charge in [-0.1, -0.05) is 0 Å². The molecule has 0 fully saturated rings. The zero-order valence-corrected chi connectivity index (χ0v) is 10.4. The average Bonchev–Trinajstić information content (AvgIpc) is 2.61. The van der Waals surface area contributed by atoms with Gasteiger partial charge in [0.2, 0.25) is 5.91 Å². The molecular weight excluding hydrogens is 238 g/mol. The Kier molecular flexibility index (Phi) is 4.85. The summed E-state index contributed by atoms with van der Waals surface area (Å²) in [5.41, 5.74) is 1.81. The quantitative estimate of drug-likeness (QED) is 0.632. The largest absolute Gasteiger partial charge is 0.480 e. The maximum Gasteiger partial charge on any atom is 0.328 e. The third-order valence-corrected chi connectivity index (χ3v) is 2.47. The molecule has 7 nitrogen and oxygen atoms in total. The Bertz CT molecular complexity index is 441. The van der Waals surface area contributed by atoms with E-state index in [1.165, 1.54) is 0 Å². The van der Waals surface area contributed by atoms with Crippen LogP contribution in [-0.4, -0.2) is 44.5 Å². The normalized spacial score (nSPS) is 12.2. The number of amides is 1. The van der Waals surface area contributed by atoms with Gasteiger partial charge in [-0.05, 0) is 19.9 Å². The number of aryl methyl sites for hydroxylation is 3. The lowest BCUT2D eigenvalue weighted by atomic mass is 10.3. The summed E-state index contributed by atoms with van der Waals surface area (Å²) in [7, 11) is 0. The van der Waals surface area contributed by atoms with Gasteiger partial charge in [-0.25, -0.2) is 4.79 Å². The first-order valence-corrected chi connectivity index (χ1v) is 5.58. The van der Waals surface area contributed by atoms with Gasteiger partial charge >= 0.3 is 5.97 Å². The van der Waals surface area contributed by atoms with Crippen LogP contribution in [0.4, 0.5) is 0 Å². The molecule has 0 bridgehead atoms. The van der Waals surface area contributed by atoms with Gasteiger partial charge in [0.25, 0.3) is 0 Å². The molecule has 0 aromatic carbocycles. The van der Waals surface area contributed by atoms with Crippen LogP contribution in [0.2, 0.25) is 0 Å². The van der Waals surface area contributed by atoms with E-state index in [-0.39, 0.29) is 6.42 Å². The highest BCUT2D eigenvalue weighted by molar-refractivity contribution is 5.83. The standard InChI is InChI=1S/C11H17N3O4/c1-7-5-8(2)14(13-7)4-3-10(16)12-9(6-15)11(17)18/h5,9,15H,3-4,6H2,1-2H3,(H,12,16)(H,17,18). The second kappa shape index (κ2) is 6.15. The Labute approximate surface area is 104 Å². The Morgan fingerprint density at radius 3 is 2.61 bits per heavy atom. The number of aromatic nitrogens is 2. The van der Waals surface area contributed by atoms with Crippen molar-refractivity contribution in [3.05, 3.63) is 17.5 Å². The lowest BCUT2D eigenvalue weighted by Gasteiger charge is -2.11. The van der Waals surface area contributed by atoms with Gasteiger partial charge in [0.15, 0.2) is 0 Å². The molecule has 0 aliphatic carbocycles. The summed E-state index contributed by atoms with van der Waals surface area (Å²) in [6.45, 7) is 3.49. The van der Waals surface area contributed by atoms with E-state index in [0.717, 1.165) is 11.4 Å². The highest BCUT2D eigenvalue weighted by Crippen LogP contribution is 2.02. The minimum Gasteiger partial charge on any atom is -0.480 e. The third kappa shape index (κ3) is 3.85. The molecule has 1 atom stereocenters. The van der Waals surface area contributed by atoms with Gasteiger partial charge < -0.3 is 15.5 Å². The molecule has 0 saturated carbocycles. The number of aliphatic hydroxyl groups is 1. The van der Waals surface area contributed by atoms with Gasteiger partial charge in [0.1, 0.15) is 6.04 Å². The van der Waals surface area contributed by atoms with Crippen molar-refractivity contribution >= 4 is 11.9 Å². The number of nitrogens with zero attached hydrogens (tertiary/aromatic N) is 2. The zero-order chi connectivity index (χ0) is 13.7. The summed E-state index contributed by atoms with van der Waals surface area (Å²) in [5, 5.41) is 23.8. The van der Waals surface area contributed by atoms with Crippen LogP contribution >= 0.6 is 0 Å². The first-order chi connectivity index (χ1) is 8.43. The summed E-state index contributed by atoms with van der Waals surface area (Å²) < 4.78 is 1.68. The fraction of sp³-hybridized carbons (Fsp3) is 0.545. The monoisotopic (exact) mass is 255 g/mol. The van der Waals surface area contributed by atoms with Crippen LogP contribution < -0.4 is 5.32 Å². The SMILES string of the molecule is Cc1cc(C)n(CCC(=O)NC(CO)C(=O)O)n1. The molecule has 1 amide bonds. The highest BCUT2D eigenvalue weighted by atomic mass is 16.4. The average molecular weight is 255 g/mol. The number of hydrogen-bond donors (Lipinski definition) is 3. The summed E-state index contributed by atoms with van der Waals surface area (Å²) >= 11 is 0. The first-order valence-electron chi connectivity index (χ1n) is 5.58. The van der Waals surface area contributed by atoms with Crippen LogP contribution in [0.1, 0.15) is 17.8 Å². The Balaban J connectivity index is 2.46. The molecular formula is C11H17N3O4. The number of carboxylic acid groups (broad SMARTS) is 1. The van der Waals surface area contributed by atoms with Crippen molar-refractivity contribution in [2.45, 2.75) is 32.9 Å². The second-order valence-corrected chi connectivity index (χ2v) is 4.04. The fourth-order valence-corrected chi connectivity index (χ4v) is 1.56. The number of hydrogen-bond acceptors (Lipinski definition) is 4. The van der Waals surface area contributed by atoms with Gasteiger partial charge in [0.05, 0.1) is 12.3 Å². The van der Waals surface area contributed by atoms with Crippen LogP contribution in [0.5, 0.6) is 0 Å². The molecule has 1 aromatic rings. The molecule has 1 aromatic heterocycles. The second-order valence-electron chi connectivity index (χ2n) is 4.04. The number of carbonyl (C=O) groups is 2. The predicted molar refractivity (Wildman–Crippen MR) is 63.0 cm³/mol. The van der Waals surface area contributed by atoms with Crippen molar-refractivity contribution in [3.8, 4) is 0 Å². The molecule has 0 saturated heterocycles. The Morgan fingerprint density at radius 1 is 1.50 bits per heavy atom. The van der Waals surface area contributed by atoms with Crippen molar-refractivity contribution in [1.82, 2.24) is 15.1 Å². The predicted octanol–water partition coefficient (Wildman–Crippen LogP) is -0.548. The van der Waals surface area contributed by atoms with E-state index >= 15 is 0 Å². The maximum absolute atomic E-state index is 11.5. The van der Waals surface area contributed by atoms with E-state index in [2.05, 4.69) is 10.4 Å². The minimum absolute atomic E-state index is 0.117. The van der Waals surface area contributed by atoms with E-state index < -0.39 is 24.5 Å². The van der Waals surface area contributed by atoms with E-state index in [9.17, 15) is 9.59 Å². The zero-order valence-electron chi connectivity index (χ0n) is 10.4. The van der Waals surface area contributed by atoms with Gasteiger partial charge in [-0.2, -0.15) is 5.10 Å². The van der Waals surface area contributed by atoms with Gasteiger partial charge in [-0.3, -0.25) is 9.48 Å². The molecule has 100 valence electrons. The van der Waals surface area contributed by atoms with Crippen LogP contribution in [0.15, 0.2) is 6.07 Å². The summed E-state index contributed by atoms with van der Waals surface area (Å²) in [4.78, 5) is 22.1. The van der Waals surface area contributed by atoms with E-state index in [0.29, 0.717) is 6.54 Å². The molecule has 18 heavy (non-hydrogen) atoms. The highest BCUT2D eigenvalue weighted by Gasteiger charge is 2.18. The molecule has 1 heterocycles. The molecule has 1 unspecified atom stereocenters. The van der Waals surface area contributed by atoms with Crippen LogP contribution in [-0.2, 0) is 16.1 Å². The number of carboxylic acids is 1. The van der Waals surface area contributed by atoms with Crippen molar-refractivity contribution in [3.63, 3.8) is 0 Å². The smallest absolute Gasteiger partial charge is 0.328 e. The van der Waals surface area contributed by atoms with Gasteiger partial charge in [-0.15, -0.1) is 0 Å². The molecule has 0 spiro atoms. The lowest BCUT2D eigenvalue weighted by Crippen LogP contribution is -2.43. The Morgan fingerprint density at radius 2 is 2.17 bits per heavy atom. The van der Waals surface area contributed by atoms with Crippen molar-refractivity contribution in [2.24, 2.45) is 0 Å². The van der Waals surface area contributed by atoms with Gasteiger partial charge in [0, 0.05) is 18.7 Å². The summed E-state index contributed by atoms with van der Waals surface area (Å²) in [5.74, 6) is -1.68. The maximum atomic E-state index is 11.5. The van der Waals surface area contributed by atoms with Crippen LogP contribution in [0.3, 0.4) is 0 Å². The van der Waals surface area contributed by atoms with E-state index in [1.807, 2.05) is 19.9 Å². The molecule has 3 N–H and O–H groups in total. The molecule has 7 heteroatoms. The summed E-state index contributed by atoms with van der Waals surface area (Å²) in [6, 6.07) is 0.643. The topological polar surface area (TPSA) is 104 Å². The molecule has 1 rings (SSSR count). The number of aliphatic carboxylic acids is 1. The molecule has 0 aliphatic rings. The van der Waals surface area contributed by atoms with Crippen molar-refractivity contribution in [1.29, 1.82) is 0 Å². The minimum atomic E-state index is -1.25. The van der Waals surface area contributed by atoms with Crippen molar-refractivity contribution < 1.29 is 19.8 Å². The summed E-state index contributed by atoms with van der Waals surface area (Å²) in [6.07, 6.45) is 0.117. The first kappa shape index (κ1) is 14.2. The van der Waals surface area contributed by atoms with E-state index in [1.54, 1.807) is 4.68 Å². The van der Waals surface area contributed by atoms with Crippen LogP contribution in [0, 0.1) is 13.8 Å². The van der Waals surface area contributed by atoms with Crippen molar-refractivity contribution in [2.75, 3.05) is 6.61 Å². The third-order valence-electron chi connectivity index (χ3n) is 2.47.